The predicted molar refractivity (Wildman–Crippen MR) is 66.0 cm³/mol. The van der Waals surface area contributed by atoms with Gasteiger partial charge in [-0.1, -0.05) is 0 Å². The van der Waals surface area contributed by atoms with E-state index in [0.29, 0.717) is 12.2 Å². The molecule has 88 valence electrons. The summed E-state index contributed by atoms with van der Waals surface area (Å²) in [6.07, 6.45) is 3.49. The molecule has 16 heavy (non-hydrogen) atoms. The molecule has 0 bridgehead atoms. The highest BCUT2D eigenvalue weighted by molar-refractivity contribution is 9.10. The van der Waals surface area contributed by atoms with Gasteiger partial charge in [0.25, 0.3) is 0 Å². The Morgan fingerprint density at radius 2 is 2.12 bits per heavy atom. The smallest absolute Gasteiger partial charge is 0.150 e. The van der Waals surface area contributed by atoms with Crippen LogP contribution >= 0.6 is 15.9 Å². The average Bonchev–Trinajstić information content (AvgIpc) is 2.30. The topological polar surface area (TPSA) is 46.5 Å². The number of hydrogen-bond acceptors (Lipinski definition) is 3. The van der Waals surface area contributed by atoms with Gasteiger partial charge in [0.2, 0.25) is 0 Å². The molecule has 0 aromatic heterocycles. The summed E-state index contributed by atoms with van der Waals surface area (Å²) in [6.45, 7) is 0.858. The molecule has 0 heterocycles. The lowest BCUT2D eigenvalue weighted by atomic mass is 10.2. The van der Waals surface area contributed by atoms with E-state index in [0.717, 1.165) is 35.8 Å². The molecule has 0 fully saturated rings. The third-order valence-electron chi connectivity index (χ3n) is 2.15. The van der Waals surface area contributed by atoms with Crippen molar-refractivity contribution in [3.8, 4) is 5.75 Å². The molecule has 0 spiro atoms. The van der Waals surface area contributed by atoms with E-state index in [1.165, 1.54) is 0 Å². The number of halogens is 1. The first-order valence-electron chi connectivity index (χ1n) is 5.26. The van der Waals surface area contributed by atoms with Gasteiger partial charge in [-0.15, -0.1) is 0 Å². The first kappa shape index (κ1) is 13.2. The van der Waals surface area contributed by atoms with Crippen LogP contribution in [-0.2, 0) is 0 Å². The molecular weight excluding hydrogens is 272 g/mol. The molecule has 0 aliphatic carbocycles. The molecule has 1 aromatic rings. The van der Waals surface area contributed by atoms with E-state index < -0.39 is 0 Å². The number of carbonyl (C=O) groups is 1. The van der Waals surface area contributed by atoms with Crippen LogP contribution < -0.4 is 4.74 Å². The third-order valence-corrected chi connectivity index (χ3v) is 2.77. The number of ether oxygens (including phenoxy) is 1. The molecule has 0 saturated heterocycles. The summed E-state index contributed by atoms with van der Waals surface area (Å²) in [5, 5.41) is 8.60. The Morgan fingerprint density at radius 1 is 1.31 bits per heavy atom. The molecule has 0 aliphatic rings. The maximum atomic E-state index is 10.5. The Balaban J connectivity index is 2.39. The predicted octanol–water partition coefficient (Wildman–Crippen LogP) is 2.80. The summed E-state index contributed by atoms with van der Waals surface area (Å²) in [5.74, 6) is 0.745. The van der Waals surface area contributed by atoms with E-state index >= 15 is 0 Å². The standard InChI is InChI=1S/C12H15BrO3/c13-11-8-10(9-15)4-5-12(11)16-7-3-1-2-6-14/h4-5,8-9,14H,1-3,6-7H2. The molecule has 0 saturated carbocycles. The maximum Gasteiger partial charge on any atom is 0.150 e. The van der Waals surface area contributed by atoms with Crippen LogP contribution in [0.5, 0.6) is 5.75 Å². The van der Waals surface area contributed by atoms with Crippen molar-refractivity contribution in [2.45, 2.75) is 19.3 Å². The van der Waals surface area contributed by atoms with Crippen LogP contribution in [0.3, 0.4) is 0 Å². The van der Waals surface area contributed by atoms with Crippen molar-refractivity contribution in [1.29, 1.82) is 0 Å². The highest BCUT2D eigenvalue weighted by Gasteiger charge is 2.01. The Hall–Kier alpha value is -0.870. The van der Waals surface area contributed by atoms with E-state index in [-0.39, 0.29) is 6.61 Å². The Bertz CT molecular complexity index is 339. The lowest BCUT2D eigenvalue weighted by Gasteiger charge is -2.08. The van der Waals surface area contributed by atoms with E-state index in [2.05, 4.69) is 15.9 Å². The second kappa shape index (κ2) is 7.41. The summed E-state index contributed by atoms with van der Waals surface area (Å²) in [6, 6.07) is 5.23. The number of unbranched alkanes of at least 4 members (excludes halogenated alkanes) is 2. The van der Waals surface area contributed by atoms with E-state index in [4.69, 9.17) is 9.84 Å². The average molecular weight is 287 g/mol. The molecular formula is C12H15BrO3. The van der Waals surface area contributed by atoms with Gasteiger partial charge >= 0.3 is 0 Å². The van der Waals surface area contributed by atoms with E-state index in [1.807, 2.05) is 0 Å². The molecule has 0 atom stereocenters. The fraction of sp³-hybridized carbons (Fsp3) is 0.417. The van der Waals surface area contributed by atoms with Crippen LogP contribution in [0.25, 0.3) is 0 Å². The highest BCUT2D eigenvalue weighted by Crippen LogP contribution is 2.25. The van der Waals surface area contributed by atoms with Gasteiger partial charge < -0.3 is 9.84 Å². The van der Waals surface area contributed by atoms with Gasteiger partial charge in [0.15, 0.2) is 0 Å². The molecule has 0 unspecified atom stereocenters. The van der Waals surface area contributed by atoms with Gasteiger partial charge in [0, 0.05) is 12.2 Å². The second-order valence-electron chi connectivity index (χ2n) is 3.44. The molecule has 3 nitrogen and oxygen atoms in total. The quantitative estimate of drug-likeness (QED) is 0.619. The fourth-order valence-corrected chi connectivity index (χ4v) is 1.79. The minimum atomic E-state index is 0.234. The zero-order valence-electron chi connectivity index (χ0n) is 8.99. The van der Waals surface area contributed by atoms with Crippen molar-refractivity contribution in [3.63, 3.8) is 0 Å². The monoisotopic (exact) mass is 286 g/mol. The lowest BCUT2D eigenvalue weighted by Crippen LogP contribution is -1.98. The molecule has 1 N–H and O–H groups in total. The molecule has 1 aromatic carbocycles. The van der Waals surface area contributed by atoms with Crippen LogP contribution in [0.15, 0.2) is 22.7 Å². The van der Waals surface area contributed by atoms with Gasteiger partial charge in [-0.3, -0.25) is 4.79 Å². The van der Waals surface area contributed by atoms with Crippen LogP contribution in [0.2, 0.25) is 0 Å². The third kappa shape index (κ3) is 4.33. The Morgan fingerprint density at radius 3 is 2.75 bits per heavy atom. The van der Waals surface area contributed by atoms with Gasteiger partial charge in [-0.2, -0.15) is 0 Å². The number of benzene rings is 1. The SMILES string of the molecule is O=Cc1ccc(OCCCCCO)c(Br)c1. The number of rotatable bonds is 7. The number of aldehydes is 1. The number of aliphatic hydroxyl groups is 1. The van der Waals surface area contributed by atoms with Crippen LogP contribution in [0.4, 0.5) is 0 Å². The van der Waals surface area contributed by atoms with Gasteiger partial charge in [-0.05, 0) is 53.4 Å². The van der Waals surface area contributed by atoms with Crippen molar-refractivity contribution < 1.29 is 14.6 Å². The number of carbonyl (C=O) groups excluding carboxylic acids is 1. The minimum absolute atomic E-state index is 0.234. The summed E-state index contributed by atoms with van der Waals surface area (Å²) < 4.78 is 6.33. The Labute approximate surface area is 104 Å². The Kier molecular flexibility index (Phi) is 6.11. The molecule has 4 heteroatoms. The van der Waals surface area contributed by atoms with Gasteiger partial charge in [-0.25, -0.2) is 0 Å². The second-order valence-corrected chi connectivity index (χ2v) is 4.29. The fourth-order valence-electron chi connectivity index (χ4n) is 1.28. The number of aliphatic hydroxyl groups excluding tert-OH is 1. The van der Waals surface area contributed by atoms with Gasteiger partial charge in [0.05, 0.1) is 11.1 Å². The highest BCUT2D eigenvalue weighted by atomic mass is 79.9. The summed E-state index contributed by atoms with van der Waals surface area (Å²) in [5.41, 5.74) is 0.625. The van der Waals surface area contributed by atoms with Crippen LogP contribution in [-0.4, -0.2) is 24.6 Å². The summed E-state index contributed by atoms with van der Waals surface area (Å²) in [7, 11) is 0. The van der Waals surface area contributed by atoms with Crippen LogP contribution in [0.1, 0.15) is 29.6 Å². The zero-order chi connectivity index (χ0) is 11.8. The summed E-state index contributed by atoms with van der Waals surface area (Å²) in [4.78, 5) is 10.5. The van der Waals surface area contributed by atoms with Crippen molar-refractivity contribution in [2.24, 2.45) is 0 Å². The first-order valence-corrected chi connectivity index (χ1v) is 6.05. The van der Waals surface area contributed by atoms with Crippen molar-refractivity contribution in [2.75, 3.05) is 13.2 Å². The van der Waals surface area contributed by atoms with E-state index in [9.17, 15) is 4.79 Å². The zero-order valence-corrected chi connectivity index (χ0v) is 10.6. The normalized spacial score (nSPS) is 10.1. The van der Waals surface area contributed by atoms with Crippen molar-refractivity contribution in [1.82, 2.24) is 0 Å². The lowest BCUT2D eigenvalue weighted by molar-refractivity contribution is 0.112. The molecule has 1 rings (SSSR count). The molecule has 0 radical (unpaired) electrons. The molecule has 0 amide bonds. The van der Waals surface area contributed by atoms with Crippen molar-refractivity contribution in [3.05, 3.63) is 28.2 Å². The number of hydrogen-bond donors (Lipinski definition) is 1. The van der Waals surface area contributed by atoms with E-state index in [1.54, 1.807) is 18.2 Å². The molecule has 0 aliphatic heterocycles. The summed E-state index contributed by atoms with van der Waals surface area (Å²) >= 11 is 3.35. The van der Waals surface area contributed by atoms with Gasteiger partial charge in [0.1, 0.15) is 12.0 Å². The van der Waals surface area contributed by atoms with Crippen molar-refractivity contribution >= 4 is 22.2 Å². The largest absolute Gasteiger partial charge is 0.492 e. The minimum Gasteiger partial charge on any atom is -0.492 e. The first-order chi connectivity index (χ1) is 7.77. The maximum absolute atomic E-state index is 10.5. The van der Waals surface area contributed by atoms with Crippen LogP contribution in [0, 0.1) is 0 Å².